The molecule has 1 amide bonds. The number of benzene rings is 1. The van der Waals surface area contributed by atoms with Gasteiger partial charge in [0.15, 0.2) is 6.61 Å². The second-order valence-electron chi connectivity index (χ2n) is 4.39. The number of ether oxygens (including phenoxy) is 1. The predicted molar refractivity (Wildman–Crippen MR) is 81.7 cm³/mol. The average molecular weight is 321 g/mol. The fourth-order valence-corrected chi connectivity index (χ4v) is 1.88. The first-order valence-corrected chi connectivity index (χ1v) is 6.79. The van der Waals surface area contributed by atoms with Crippen molar-refractivity contribution in [3.8, 4) is 0 Å². The lowest BCUT2D eigenvalue weighted by molar-refractivity contribution is -0.147. The number of carbonyl (C=O) groups is 2. The number of esters is 1. The summed E-state index contributed by atoms with van der Waals surface area (Å²) in [4.78, 5) is 34.7. The number of hydrogen-bond donors (Lipinski definition) is 1. The van der Waals surface area contributed by atoms with E-state index in [1.54, 1.807) is 36.4 Å². The first kappa shape index (κ1) is 15.8. The monoisotopic (exact) mass is 320 g/mol. The molecule has 2 rings (SSSR count). The van der Waals surface area contributed by atoms with Crippen molar-refractivity contribution in [2.24, 2.45) is 0 Å². The summed E-state index contributed by atoms with van der Waals surface area (Å²) in [6, 6.07) is 11.1. The predicted octanol–water partition coefficient (Wildman–Crippen LogP) is 1.68. The van der Waals surface area contributed by atoms with E-state index in [1.165, 1.54) is 16.8 Å². The van der Waals surface area contributed by atoms with Gasteiger partial charge in [-0.15, -0.1) is 0 Å². The van der Waals surface area contributed by atoms with E-state index in [9.17, 15) is 14.4 Å². The van der Waals surface area contributed by atoms with Crippen LogP contribution in [0.5, 0.6) is 0 Å². The quantitative estimate of drug-likeness (QED) is 0.850. The van der Waals surface area contributed by atoms with E-state index in [4.69, 9.17) is 16.3 Å². The summed E-state index contributed by atoms with van der Waals surface area (Å²) in [5.74, 6) is -1.16. The van der Waals surface area contributed by atoms with Gasteiger partial charge in [-0.05, 0) is 24.3 Å². The van der Waals surface area contributed by atoms with Crippen molar-refractivity contribution in [2.75, 3.05) is 11.9 Å². The zero-order chi connectivity index (χ0) is 15.9. The van der Waals surface area contributed by atoms with E-state index in [1.807, 2.05) is 0 Å². The Morgan fingerprint density at radius 1 is 1.18 bits per heavy atom. The highest BCUT2D eigenvalue weighted by Crippen LogP contribution is 2.14. The van der Waals surface area contributed by atoms with Crippen LogP contribution in [0.25, 0.3) is 0 Å². The van der Waals surface area contributed by atoms with Gasteiger partial charge in [0.1, 0.15) is 6.54 Å². The summed E-state index contributed by atoms with van der Waals surface area (Å²) in [6.45, 7) is -0.683. The van der Waals surface area contributed by atoms with Crippen LogP contribution in [0.3, 0.4) is 0 Å². The van der Waals surface area contributed by atoms with Crippen molar-refractivity contribution < 1.29 is 14.3 Å². The molecule has 1 N–H and O–H groups in total. The van der Waals surface area contributed by atoms with Gasteiger partial charge in [-0.2, -0.15) is 0 Å². The Morgan fingerprint density at radius 3 is 2.73 bits per heavy atom. The first-order chi connectivity index (χ1) is 10.5. The summed E-state index contributed by atoms with van der Waals surface area (Å²) in [6.07, 6.45) is 1.47. The van der Waals surface area contributed by atoms with Crippen LogP contribution >= 0.6 is 11.6 Å². The van der Waals surface area contributed by atoms with Gasteiger partial charge in [0.05, 0.1) is 0 Å². The number of nitrogens with one attached hydrogen (secondary N) is 1. The number of rotatable bonds is 5. The maximum atomic E-state index is 11.6. The van der Waals surface area contributed by atoms with E-state index in [-0.39, 0.29) is 12.1 Å². The molecular weight excluding hydrogens is 308 g/mol. The highest BCUT2D eigenvalue weighted by atomic mass is 35.5. The highest BCUT2D eigenvalue weighted by Gasteiger charge is 2.09. The molecular formula is C15H13ClN2O4. The molecule has 0 saturated heterocycles. The van der Waals surface area contributed by atoms with E-state index in [0.717, 1.165) is 0 Å². The van der Waals surface area contributed by atoms with Gasteiger partial charge in [-0.3, -0.25) is 14.4 Å². The third kappa shape index (κ3) is 4.75. The fraction of sp³-hybridized carbons (Fsp3) is 0.133. The molecule has 0 atom stereocenters. The minimum Gasteiger partial charge on any atom is -0.454 e. The molecule has 0 spiro atoms. The number of hydrogen-bond acceptors (Lipinski definition) is 4. The van der Waals surface area contributed by atoms with Gasteiger partial charge in [-0.25, -0.2) is 0 Å². The number of carbonyl (C=O) groups excluding carboxylic acids is 2. The Labute approximate surface area is 131 Å². The van der Waals surface area contributed by atoms with Crippen molar-refractivity contribution in [2.45, 2.75) is 6.54 Å². The van der Waals surface area contributed by atoms with Gasteiger partial charge < -0.3 is 14.6 Å². The van der Waals surface area contributed by atoms with Crippen LogP contribution in [0.2, 0.25) is 5.02 Å². The topological polar surface area (TPSA) is 77.4 Å². The van der Waals surface area contributed by atoms with Crippen molar-refractivity contribution in [3.05, 3.63) is 64.0 Å². The van der Waals surface area contributed by atoms with Crippen molar-refractivity contribution in [1.29, 1.82) is 0 Å². The van der Waals surface area contributed by atoms with Crippen molar-refractivity contribution in [1.82, 2.24) is 4.57 Å². The van der Waals surface area contributed by atoms with E-state index in [0.29, 0.717) is 10.7 Å². The fourth-order valence-electron chi connectivity index (χ4n) is 1.69. The summed E-state index contributed by atoms with van der Waals surface area (Å²) in [5, 5.41) is 3.03. The van der Waals surface area contributed by atoms with E-state index >= 15 is 0 Å². The SMILES string of the molecule is O=C(COC(=O)Cn1ccccc1=O)Nc1cccc(Cl)c1. The van der Waals surface area contributed by atoms with Crippen LogP contribution in [0.15, 0.2) is 53.5 Å². The summed E-state index contributed by atoms with van der Waals surface area (Å²) in [5.41, 5.74) is 0.190. The molecule has 0 fully saturated rings. The number of aromatic nitrogens is 1. The molecule has 0 bridgehead atoms. The van der Waals surface area contributed by atoms with Crippen molar-refractivity contribution >= 4 is 29.2 Å². The molecule has 0 aliphatic rings. The molecule has 114 valence electrons. The highest BCUT2D eigenvalue weighted by molar-refractivity contribution is 6.30. The Kier molecular flexibility index (Phi) is 5.32. The zero-order valence-electron chi connectivity index (χ0n) is 11.5. The lowest BCUT2D eigenvalue weighted by Crippen LogP contribution is -2.26. The van der Waals surface area contributed by atoms with Gasteiger partial charge in [-0.1, -0.05) is 23.7 Å². The average Bonchev–Trinajstić information content (AvgIpc) is 2.48. The van der Waals surface area contributed by atoms with Gasteiger partial charge in [0.2, 0.25) is 0 Å². The summed E-state index contributed by atoms with van der Waals surface area (Å²) >= 11 is 5.79. The summed E-state index contributed by atoms with van der Waals surface area (Å²) in [7, 11) is 0. The Bertz CT molecular complexity index is 742. The maximum absolute atomic E-state index is 11.6. The molecule has 7 heteroatoms. The maximum Gasteiger partial charge on any atom is 0.326 e. The zero-order valence-corrected chi connectivity index (χ0v) is 12.2. The largest absolute Gasteiger partial charge is 0.454 e. The van der Waals surface area contributed by atoms with Crippen molar-refractivity contribution in [3.63, 3.8) is 0 Å². The van der Waals surface area contributed by atoms with Crippen LogP contribution in [0, 0.1) is 0 Å². The Morgan fingerprint density at radius 2 is 2.00 bits per heavy atom. The lowest BCUT2D eigenvalue weighted by Gasteiger charge is -2.08. The molecule has 0 radical (unpaired) electrons. The van der Waals surface area contributed by atoms with Crippen LogP contribution in [0.4, 0.5) is 5.69 Å². The molecule has 22 heavy (non-hydrogen) atoms. The molecule has 1 heterocycles. The molecule has 1 aromatic carbocycles. The normalized spacial score (nSPS) is 10.0. The third-order valence-electron chi connectivity index (χ3n) is 2.67. The number of pyridine rings is 1. The van der Waals surface area contributed by atoms with Crippen LogP contribution < -0.4 is 10.9 Å². The second kappa shape index (κ2) is 7.42. The van der Waals surface area contributed by atoms with E-state index in [2.05, 4.69) is 5.32 Å². The minimum atomic E-state index is -0.672. The van der Waals surface area contributed by atoms with Crippen LogP contribution in [0.1, 0.15) is 0 Å². The molecule has 0 unspecified atom stereocenters. The smallest absolute Gasteiger partial charge is 0.326 e. The Balaban J connectivity index is 1.82. The van der Waals surface area contributed by atoms with E-state index < -0.39 is 18.5 Å². The van der Waals surface area contributed by atoms with Gasteiger partial charge in [0, 0.05) is 23.0 Å². The van der Waals surface area contributed by atoms with Crippen LogP contribution in [-0.2, 0) is 20.9 Å². The standard InChI is InChI=1S/C15H13ClN2O4/c16-11-4-3-5-12(8-11)17-13(19)10-22-15(21)9-18-7-2-1-6-14(18)20/h1-8H,9-10H2,(H,17,19). The molecule has 6 nitrogen and oxygen atoms in total. The molecule has 2 aromatic rings. The lowest BCUT2D eigenvalue weighted by atomic mass is 10.3. The third-order valence-corrected chi connectivity index (χ3v) is 2.91. The number of halogens is 1. The number of amides is 1. The molecule has 0 aliphatic heterocycles. The minimum absolute atomic E-state index is 0.246. The molecule has 1 aromatic heterocycles. The number of anilines is 1. The Hall–Kier alpha value is -2.60. The summed E-state index contributed by atoms with van der Waals surface area (Å²) < 4.78 is 6.01. The molecule has 0 saturated carbocycles. The number of nitrogens with zero attached hydrogens (tertiary/aromatic N) is 1. The molecule has 0 aliphatic carbocycles. The first-order valence-electron chi connectivity index (χ1n) is 6.41. The second-order valence-corrected chi connectivity index (χ2v) is 4.82. The van der Waals surface area contributed by atoms with Gasteiger partial charge >= 0.3 is 5.97 Å². The van der Waals surface area contributed by atoms with Gasteiger partial charge in [0.25, 0.3) is 11.5 Å². The van der Waals surface area contributed by atoms with Crippen LogP contribution in [-0.4, -0.2) is 23.1 Å².